The van der Waals surface area contributed by atoms with E-state index < -0.39 is 0 Å². The Morgan fingerprint density at radius 3 is 2.29 bits per heavy atom. The van der Waals surface area contributed by atoms with Gasteiger partial charge >= 0.3 is 0 Å². The van der Waals surface area contributed by atoms with Crippen molar-refractivity contribution in [1.82, 2.24) is 0 Å². The Kier molecular flexibility index (Phi) is 4.79. The Balaban J connectivity index is 2.03. The van der Waals surface area contributed by atoms with Crippen LogP contribution in [0.5, 0.6) is 5.75 Å². The van der Waals surface area contributed by atoms with E-state index in [9.17, 15) is 0 Å². The fourth-order valence-corrected chi connectivity index (χ4v) is 2.29. The zero-order valence-electron chi connectivity index (χ0n) is 13.0. The number of halogens is 1. The minimum absolute atomic E-state index is 0.190. The maximum absolute atomic E-state index is 6.02. The number of rotatable bonds is 4. The molecule has 2 aromatic carbocycles. The SMILES string of the molecule is COc1cc(NCc2ccc(C(C)(C)C)cc2)ccc1Cl. The van der Waals surface area contributed by atoms with Crippen molar-refractivity contribution < 1.29 is 4.74 Å². The van der Waals surface area contributed by atoms with E-state index in [2.05, 4.69) is 50.4 Å². The fourth-order valence-electron chi connectivity index (χ4n) is 2.10. The Labute approximate surface area is 132 Å². The molecule has 21 heavy (non-hydrogen) atoms. The lowest BCUT2D eigenvalue weighted by molar-refractivity contribution is 0.415. The Morgan fingerprint density at radius 2 is 1.71 bits per heavy atom. The van der Waals surface area contributed by atoms with Crippen LogP contribution in [0.3, 0.4) is 0 Å². The molecule has 0 aliphatic carbocycles. The normalized spacial score (nSPS) is 11.3. The molecule has 0 amide bonds. The van der Waals surface area contributed by atoms with Gasteiger partial charge in [-0.05, 0) is 28.7 Å². The van der Waals surface area contributed by atoms with Gasteiger partial charge in [-0.15, -0.1) is 0 Å². The topological polar surface area (TPSA) is 21.3 Å². The third-order valence-electron chi connectivity index (χ3n) is 3.47. The summed E-state index contributed by atoms with van der Waals surface area (Å²) in [6, 6.07) is 14.4. The maximum atomic E-state index is 6.02. The molecule has 0 heterocycles. The Morgan fingerprint density at radius 1 is 1.05 bits per heavy atom. The van der Waals surface area contributed by atoms with Crippen molar-refractivity contribution >= 4 is 17.3 Å². The second kappa shape index (κ2) is 6.40. The third kappa shape index (κ3) is 4.15. The lowest BCUT2D eigenvalue weighted by atomic mass is 9.87. The summed E-state index contributed by atoms with van der Waals surface area (Å²) in [5, 5.41) is 4.01. The van der Waals surface area contributed by atoms with Crippen molar-refractivity contribution in [2.75, 3.05) is 12.4 Å². The molecule has 2 aromatic rings. The minimum Gasteiger partial charge on any atom is -0.495 e. The average Bonchev–Trinajstić information content (AvgIpc) is 2.46. The molecule has 1 N–H and O–H groups in total. The monoisotopic (exact) mass is 303 g/mol. The molecule has 0 saturated carbocycles. The van der Waals surface area contributed by atoms with Crippen LogP contribution in [-0.4, -0.2) is 7.11 Å². The number of methoxy groups -OCH3 is 1. The van der Waals surface area contributed by atoms with Gasteiger partial charge in [-0.1, -0.05) is 56.6 Å². The summed E-state index contributed by atoms with van der Waals surface area (Å²) in [5.41, 5.74) is 3.78. The molecule has 0 aliphatic rings. The first-order valence-corrected chi connectivity index (χ1v) is 7.45. The third-order valence-corrected chi connectivity index (χ3v) is 3.78. The Bertz CT molecular complexity index is 600. The predicted octanol–water partition coefficient (Wildman–Crippen LogP) is 5.26. The molecule has 112 valence electrons. The van der Waals surface area contributed by atoms with Gasteiger partial charge < -0.3 is 10.1 Å². The Hall–Kier alpha value is -1.67. The number of hydrogen-bond donors (Lipinski definition) is 1. The number of nitrogens with one attached hydrogen (secondary N) is 1. The molecule has 0 bridgehead atoms. The molecule has 0 saturated heterocycles. The first kappa shape index (κ1) is 15.7. The maximum Gasteiger partial charge on any atom is 0.139 e. The highest BCUT2D eigenvalue weighted by Crippen LogP contribution is 2.28. The zero-order chi connectivity index (χ0) is 15.5. The predicted molar refractivity (Wildman–Crippen MR) is 90.5 cm³/mol. The summed E-state index contributed by atoms with van der Waals surface area (Å²) >= 11 is 6.02. The summed E-state index contributed by atoms with van der Waals surface area (Å²) in [5.74, 6) is 0.685. The molecular weight excluding hydrogens is 282 g/mol. The molecule has 0 unspecified atom stereocenters. The van der Waals surface area contributed by atoms with Crippen molar-refractivity contribution in [3.05, 3.63) is 58.6 Å². The van der Waals surface area contributed by atoms with Gasteiger partial charge in [-0.2, -0.15) is 0 Å². The molecule has 2 rings (SSSR count). The van der Waals surface area contributed by atoms with Crippen LogP contribution in [0.15, 0.2) is 42.5 Å². The van der Waals surface area contributed by atoms with Gasteiger partial charge in [0.25, 0.3) is 0 Å². The van der Waals surface area contributed by atoms with Crippen LogP contribution in [0.4, 0.5) is 5.69 Å². The molecule has 0 radical (unpaired) electrons. The van der Waals surface area contributed by atoms with Crippen molar-refractivity contribution in [2.45, 2.75) is 32.7 Å². The van der Waals surface area contributed by atoms with Gasteiger partial charge in [-0.3, -0.25) is 0 Å². The summed E-state index contributed by atoms with van der Waals surface area (Å²) < 4.78 is 5.22. The summed E-state index contributed by atoms with van der Waals surface area (Å²) in [6.07, 6.45) is 0. The van der Waals surface area contributed by atoms with Gasteiger partial charge in [0.05, 0.1) is 12.1 Å². The van der Waals surface area contributed by atoms with Gasteiger partial charge in [-0.25, -0.2) is 0 Å². The van der Waals surface area contributed by atoms with E-state index in [1.54, 1.807) is 7.11 Å². The summed E-state index contributed by atoms with van der Waals surface area (Å²) in [7, 11) is 1.62. The van der Waals surface area contributed by atoms with E-state index in [0.29, 0.717) is 10.8 Å². The van der Waals surface area contributed by atoms with Crippen LogP contribution in [0, 0.1) is 0 Å². The molecule has 3 heteroatoms. The lowest BCUT2D eigenvalue weighted by Gasteiger charge is -2.19. The highest BCUT2D eigenvalue weighted by molar-refractivity contribution is 6.32. The number of anilines is 1. The molecule has 0 spiro atoms. The van der Waals surface area contributed by atoms with Crippen LogP contribution >= 0.6 is 11.6 Å². The standard InChI is InChI=1S/C18H22ClNO/c1-18(2,3)14-7-5-13(6-8-14)12-20-15-9-10-16(19)17(11-15)21-4/h5-11,20H,12H2,1-4H3. The second-order valence-electron chi connectivity index (χ2n) is 6.15. The molecule has 0 fully saturated rings. The van der Waals surface area contributed by atoms with Gasteiger partial charge in [0.15, 0.2) is 0 Å². The highest BCUT2D eigenvalue weighted by Gasteiger charge is 2.12. The van der Waals surface area contributed by atoms with Crippen molar-refractivity contribution in [3.8, 4) is 5.75 Å². The lowest BCUT2D eigenvalue weighted by Crippen LogP contribution is -2.11. The highest BCUT2D eigenvalue weighted by atomic mass is 35.5. The minimum atomic E-state index is 0.190. The van der Waals surface area contributed by atoms with Crippen LogP contribution in [0.1, 0.15) is 31.9 Å². The average molecular weight is 304 g/mol. The van der Waals surface area contributed by atoms with Crippen molar-refractivity contribution in [3.63, 3.8) is 0 Å². The van der Waals surface area contributed by atoms with E-state index in [1.807, 2.05) is 18.2 Å². The zero-order valence-corrected chi connectivity index (χ0v) is 13.8. The number of ether oxygens (including phenoxy) is 1. The number of hydrogen-bond acceptors (Lipinski definition) is 2. The summed E-state index contributed by atoms with van der Waals surface area (Å²) in [4.78, 5) is 0. The van der Waals surface area contributed by atoms with E-state index in [-0.39, 0.29) is 5.41 Å². The van der Waals surface area contributed by atoms with Crippen molar-refractivity contribution in [2.24, 2.45) is 0 Å². The molecule has 0 aliphatic heterocycles. The summed E-state index contributed by atoms with van der Waals surface area (Å²) in [6.45, 7) is 7.44. The van der Waals surface area contributed by atoms with Gasteiger partial charge in [0.2, 0.25) is 0 Å². The van der Waals surface area contributed by atoms with Crippen LogP contribution in [0.2, 0.25) is 5.02 Å². The van der Waals surface area contributed by atoms with Crippen LogP contribution < -0.4 is 10.1 Å². The van der Waals surface area contributed by atoms with Gasteiger partial charge in [0.1, 0.15) is 5.75 Å². The van der Waals surface area contributed by atoms with Crippen molar-refractivity contribution in [1.29, 1.82) is 0 Å². The van der Waals surface area contributed by atoms with E-state index in [4.69, 9.17) is 16.3 Å². The largest absolute Gasteiger partial charge is 0.495 e. The fraction of sp³-hybridized carbons (Fsp3) is 0.333. The first-order valence-electron chi connectivity index (χ1n) is 7.07. The quantitative estimate of drug-likeness (QED) is 0.832. The van der Waals surface area contributed by atoms with Gasteiger partial charge in [0, 0.05) is 18.3 Å². The van der Waals surface area contributed by atoms with Crippen LogP contribution in [-0.2, 0) is 12.0 Å². The second-order valence-corrected chi connectivity index (χ2v) is 6.56. The van der Waals surface area contributed by atoms with E-state index >= 15 is 0 Å². The number of benzene rings is 2. The first-order chi connectivity index (χ1) is 9.90. The molecule has 0 aromatic heterocycles. The van der Waals surface area contributed by atoms with E-state index in [0.717, 1.165) is 12.2 Å². The van der Waals surface area contributed by atoms with E-state index in [1.165, 1.54) is 11.1 Å². The molecular formula is C18H22ClNO. The smallest absolute Gasteiger partial charge is 0.139 e. The molecule has 2 nitrogen and oxygen atoms in total. The molecule has 0 atom stereocenters. The van der Waals surface area contributed by atoms with Crippen LogP contribution in [0.25, 0.3) is 0 Å².